The van der Waals surface area contributed by atoms with E-state index in [9.17, 15) is 0 Å². The van der Waals surface area contributed by atoms with E-state index in [1.165, 1.54) is 32.2 Å². The standard InChI is InChI=1S/C9H17N/c1-10-6-9-7-4-2-3-5-8(7)9/h7-10H,2-6H2,1H3. The third-order valence-electron chi connectivity index (χ3n) is 3.27. The van der Waals surface area contributed by atoms with Gasteiger partial charge in [-0.1, -0.05) is 12.8 Å². The lowest BCUT2D eigenvalue weighted by Crippen LogP contribution is -2.10. The number of nitrogens with one attached hydrogen (secondary N) is 1. The first-order valence-corrected chi connectivity index (χ1v) is 4.58. The average molecular weight is 139 g/mol. The molecule has 0 bridgehead atoms. The highest BCUT2D eigenvalue weighted by Gasteiger charge is 2.49. The molecule has 0 radical (unpaired) electrons. The van der Waals surface area contributed by atoms with Crippen LogP contribution in [-0.2, 0) is 0 Å². The van der Waals surface area contributed by atoms with Crippen molar-refractivity contribution in [2.75, 3.05) is 13.6 Å². The summed E-state index contributed by atoms with van der Waals surface area (Å²) < 4.78 is 0. The van der Waals surface area contributed by atoms with Crippen molar-refractivity contribution < 1.29 is 0 Å². The van der Waals surface area contributed by atoms with Gasteiger partial charge in [-0.25, -0.2) is 0 Å². The van der Waals surface area contributed by atoms with Crippen molar-refractivity contribution in [1.82, 2.24) is 5.32 Å². The van der Waals surface area contributed by atoms with E-state index in [1.54, 1.807) is 0 Å². The second-order valence-electron chi connectivity index (χ2n) is 3.83. The lowest BCUT2D eigenvalue weighted by atomic mass is 10.0. The van der Waals surface area contributed by atoms with Crippen molar-refractivity contribution in [3.8, 4) is 0 Å². The first kappa shape index (κ1) is 6.66. The van der Waals surface area contributed by atoms with Gasteiger partial charge in [0.05, 0.1) is 0 Å². The van der Waals surface area contributed by atoms with Crippen molar-refractivity contribution in [2.45, 2.75) is 25.7 Å². The Bertz CT molecular complexity index is 110. The molecule has 10 heavy (non-hydrogen) atoms. The Morgan fingerprint density at radius 3 is 2.30 bits per heavy atom. The number of rotatable bonds is 2. The van der Waals surface area contributed by atoms with Crippen molar-refractivity contribution in [1.29, 1.82) is 0 Å². The minimum atomic E-state index is 1.06. The summed E-state index contributed by atoms with van der Waals surface area (Å²) in [6.45, 7) is 1.27. The van der Waals surface area contributed by atoms with Crippen LogP contribution in [-0.4, -0.2) is 13.6 Å². The lowest BCUT2D eigenvalue weighted by Gasteiger charge is -2.04. The highest BCUT2D eigenvalue weighted by Crippen LogP contribution is 2.54. The fraction of sp³-hybridized carbons (Fsp3) is 1.00. The van der Waals surface area contributed by atoms with E-state index < -0.39 is 0 Å². The van der Waals surface area contributed by atoms with Gasteiger partial charge in [-0.2, -0.15) is 0 Å². The highest BCUT2D eigenvalue weighted by atomic mass is 14.8. The minimum absolute atomic E-state index is 1.06. The number of hydrogen-bond acceptors (Lipinski definition) is 1. The van der Waals surface area contributed by atoms with Gasteiger partial charge in [-0.05, 0) is 44.2 Å². The maximum absolute atomic E-state index is 3.29. The first-order chi connectivity index (χ1) is 4.93. The summed E-state index contributed by atoms with van der Waals surface area (Å²) in [6.07, 6.45) is 6.05. The smallest absolute Gasteiger partial charge is 0.00180 e. The van der Waals surface area contributed by atoms with Crippen LogP contribution < -0.4 is 5.32 Å². The van der Waals surface area contributed by atoms with Crippen LogP contribution >= 0.6 is 0 Å². The van der Waals surface area contributed by atoms with E-state index >= 15 is 0 Å². The molecule has 58 valence electrons. The second-order valence-corrected chi connectivity index (χ2v) is 3.83. The lowest BCUT2D eigenvalue weighted by molar-refractivity contribution is 0.480. The molecule has 2 saturated carbocycles. The molecule has 2 rings (SSSR count). The summed E-state index contributed by atoms with van der Waals surface area (Å²) in [6, 6.07) is 0. The van der Waals surface area contributed by atoms with Crippen LogP contribution in [0.4, 0.5) is 0 Å². The molecule has 2 atom stereocenters. The molecule has 0 aromatic carbocycles. The zero-order valence-corrected chi connectivity index (χ0v) is 6.77. The predicted molar refractivity (Wildman–Crippen MR) is 42.9 cm³/mol. The van der Waals surface area contributed by atoms with Gasteiger partial charge in [-0.3, -0.25) is 0 Å². The third-order valence-corrected chi connectivity index (χ3v) is 3.27. The molecule has 2 aliphatic carbocycles. The highest BCUT2D eigenvalue weighted by molar-refractivity contribution is 4.99. The van der Waals surface area contributed by atoms with Gasteiger partial charge in [-0.15, -0.1) is 0 Å². The first-order valence-electron chi connectivity index (χ1n) is 4.58. The van der Waals surface area contributed by atoms with Gasteiger partial charge in [0.1, 0.15) is 0 Å². The number of hydrogen-bond donors (Lipinski definition) is 1. The molecule has 1 nitrogen and oxygen atoms in total. The molecule has 1 N–H and O–H groups in total. The summed E-state index contributed by atoms with van der Waals surface area (Å²) in [5.41, 5.74) is 0. The van der Waals surface area contributed by atoms with Crippen LogP contribution in [0.25, 0.3) is 0 Å². The molecular formula is C9H17N. The van der Waals surface area contributed by atoms with E-state index in [2.05, 4.69) is 12.4 Å². The quantitative estimate of drug-likeness (QED) is 0.613. The minimum Gasteiger partial charge on any atom is -0.319 e. The molecule has 0 heterocycles. The summed E-state index contributed by atoms with van der Waals surface area (Å²) in [7, 11) is 2.07. The van der Waals surface area contributed by atoms with Crippen molar-refractivity contribution in [2.24, 2.45) is 17.8 Å². The largest absolute Gasteiger partial charge is 0.319 e. The Labute approximate surface area is 63.2 Å². The summed E-state index contributed by atoms with van der Waals surface area (Å²) in [5, 5.41) is 3.29. The molecule has 0 amide bonds. The van der Waals surface area contributed by atoms with E-state index in [4.69, 9.17) is 0 Å². The Morgan fingerprint density at radius 2 is 1.80 bits per heavy atom. The molecule has 0 spiro atoms. The zero-order valence-electron chi connectivity index (χ0n) is 6.77. The van der Waals surface area contributed by atoms with E-state index in [1.807, 2.05) is 0 Å². The Morgan fingerprint density at radius 1 is 1.20 bits per heavy atom. The SMILES string of the molecule is CNCC1C2CCCCC21. The van der Waals surface area contributed by atoms with E-state index in [-0.39, 0.29) is 0 Å². The van der Waals surface area contributed by atoms with Gasteiger partial charge in [0, 0.05) is 0 Å². The molecule has 0 aromatic rings. The van der Waals surface area contributed by atoms with Crippen molar-refractivity contribution in [3.63, 3.8) is 0 Å². The van der Waals surface area contributed by atoms with Crippen LogP contribution in [0.2, 0.25) is 0 Å². The van der Waals surface area contributed by atoms with Gasteiger partial charge in [0.25, 0.3) is 0 Å². The maximum Gasteiger partial charge on any atom is -0.00180 e. The monoisotopic (exact) mass is 139 g/mol. The molecule has 1 heteroatoms. The van der Waals surface area contributed by atoms with Crippen molar-refractivity contribution >= 4 is 0 Å². The second kappa shape index (κ2) is 2.54. The molecule has 0 aromatic heterocycles. The van der Waals surface area contributed by atoms with Gasteiger partial charge in [0.2, 0.25) is 0 Å². The molecule has 0 aliphatic heterocycles. The predicted octanol–water partition coefficient (Wildman–Crippen LogP) is 1.64. The fourth-order valence-electron chi connectivity index (χ4n) is 2.68. The van der Waals surface area contributed by atoms with Crippen LogP contribution in [0, 0.1) is 17.8 Å². The maximum atomic E-state index is 3.29. The van der Waals surface area contributed by atoms with Gasteiger partial charge >= 0.3 is 0 Å². The Hall–Kier alpha value is -0.0400. The molecular weight excluding hydrogens is 122 g/mol. The van der Waals surface area contributed by atoms with Gasteiger partial charge < -0.3 is 5.32 Å². The van der Waals surface area contributed by atoms with Crippen LogP contribution in [0.15, 0.2) is 0 Å². The van der Waals surface area contributed by atoms with Crippen LogP contribution in [0.1, 0.15) is 25.7 Å². The Kier molecular flexibility index (Phi) is 1.69. The van der Waals surface area contributed by atoms with E-state index in [0.717, 1.165) is 17.8 Å². The molecule has 2 fully saturated rings. The third kappa shape index (κ3) is 0.968. The topological polar surface area (TPSA) is 12.0 Å². The zero-order chi connectivity index (χ0) is 6.97. The molecule has 2 aliphatic rings. The molecule has 0 saturated heterocycles. The van der Waals surface area contributed by atoms with Gasteiger partial charge in [0.15, 0.2) is 0 Å². The summed E-state index contributed by atoms with van der Waals surface area (Å²) in [5.74, 6) is 3.31. The Balaban J connectivity index is 1.82. The normalized spacial score (nSPS) is 44.7. The summed E-state index contributed by atoms with van der Waals surface area (Å²) in [4.78, 5) is 0. The summed E-state index contributed by atoms with van der Waals surface area (Å²) >= 11 is 0. The number of fused-ring (bicyclic) bond motifs is 1. The fourth-order valence-corrected chi connectivity index (χ4v) is 2.68. The van der Waals surface area contributed by atoms with E-state index in [0.29, 0.717) is 0 Å². The average Bonchev–Trinajstić information content (AvgIpc) is 2.66. The van der Waals surface area contributed by atoms with Crippen LogP contribution in [0.5, 0.6) is 0 Å². The van der Waals surface area contributed by atoms with Crippen LogP contribution in [0.3, 0.4) is 0 Å². The van der Waals surface area contributed by atoms with Crippen molar-refractivity contribution in [3.05, 3.63) is 0 Å². The molecule has 2 unspecified atom stereocenters.